The number of carbonyl (C=O) groups is 2. The molecule has 112 valence electrons. The summed E-state index contributed by atoms with van der Waals surface area (Å²) in [5.74, 6) is -0.321. The number of nitrogens with one attached hydrogen (secondary N) is 1. The highest BCUT2D eigenvalue weighted by Gasteiger charge is 2.46. The number of ether oxygens (including phenoxy) is 1. The first-order chi connectivity index (χ1) is 9.66. The molecule has 3 amide bonds. The fraction of sp³-hybridized carbons (Fsp3) is 0.833. The average molecular weight is 285 g/mol. The minimum absolute atomic E-state index is 0.0346. The van der Waals surface area contributed by atoms with Crippen molar-refractivity contribution in [2.75, 3.05) is 19.8 Å². The zero-order valence-electron chi connectivity index (χ0n) is 11.2. The molecule has 2 bridgehead atoms. The van der Waals surface area contributed by atoms with E-state index in [2.05, 4.69) is 5.48 Å². The Kier molecular flexibility index (Phi) is 3.77. The lowest BCUT2D eigenvalue weighted by molar-refractivity contribution is -0.148. The summed E-state index contributed by atoms with van der Waals surface area (Å²) in [6, 6.07) is -1.25. The van der Waals surface area contributed by atoms with Crippen molar-refractivity contribution in [3.63, 3.8) is 0 Å². The summed E-state index contributed by atoms with van der Waals surface area (Å²) in [6.45, 7) is 1.66. The van der Waals surface area contributed by atoms with Gasteiger partial charge in [-0.05, 0) is 25.7 Å². The number of amides is 3. The van der Waals surface area contributed by atoms with Crippen molar-refractivity contribution >= 4 is 11.9 Å². The van der Waals surface area contributed by atoms with Crippen molar-refractivity contribution in [2.24, 2.45) is 0 Å². The standard InChI is InChI=1S/C12H19N3O5/c16-11(13-20-9-3-5-19-6-4-9)10-2-1-8-7-14(10)12(17)15(8)18/h8-10,18H,1-7H2,(H,13,16). The van der Waals surface area contributed by atoms with Gasteiger partial charge in [-0.25, -0.2) is 15.3 Å². The minimum Gasteiger partial charge on any atom is -0.381 e. The largest absolute Gasteiger partial charge is 0.381 e. The lowest BCUT2D eigenvalue weighted by Crippen LogP contribution is -2.50. The van der Waals surface area contributed by atoms with Crippen LogP contribution in [0.3, 0.4) is 0 Å². The normalized spacial score (nSPS) is 30.8. The molecular formula is C12H19N3O5. The molecule has 2 N–H and O–H groups in total. The van der Waals surface area contributed by atoms with Crippen molar-refractivity contribution in [3.8, 4) is 0 Å². The van der Waals surface area contributed by atoms with Crippen LogP contribution in [0.2, 0.25) is 0 Å². The molecule has 8 nitrogen and oxygen atoms in total. The quantitative estimate of drug-likeness (QED) is 0.557. The van der Waals surface area contributed by atoms with Crippen molar-refractivity contribution in [2.45, 2.75) is 43.9 Å². The number of piperidine rings is 1. The monoisotopic (exact) mass is 285 g/mol. The van der Waals surface area contributed by atoms with Crippen LogP contribution in [0.25, 0.3) is 0 Å². The van der Waals surface area contributed by atoms with Gasteiger partial charge in [-0.15, -0.1) is 0 Å². The molecule has 3 aliphatic heterocycles. The van der Waals surface area contributed by atoms with Gasteiger partial charge in [0.2, 0.25) is 0 Å². The maximum Gasteiger partial charge on any atom is 0.344 e. The van der Waals surface area contributed by atoms with E-state index in [0.717, 1.165) is 17.9 Å². The van der Waals surface area contributed by atoms with Gasteiger partial charge in [0.25, 0.3) is 5.91 Å². The third-order valence-corrected chi connectivity index (χ3v) is 4.14. The van der Waals surface area contributed by atoms with E-state index in [4.69, 9.17) is 9.57 Å². The zero-order chi connectivity index (χ0) is 14.1. The average Bonchev–Trinajstić information content (AvgIpc) is 2.71. The molecule has 20 heavy (non-hydrogen) atoms. The van der Waals surface area contributed by atoms with Crippen LogP contribution in [0, 0.1) is 0 Å². The summed E-state index contributed by atoms with van der Waals surface area (Å²) in [4.78, 5) is 30.7. The number of hydrogen-bond donors (Lipinski definition) is 2. The second-order valence-electron chi connectivity index (χ2n) is 5.42. The van der Waals surface area contributed by atoms with Crippen molar-refractivity contribution in [1.29, 1.82) is 0 Å². The first-order valence-electron chi connectivity index (χ1n) is 6.99. The highest BCUT2D eigenvalue weighted by atomic mass is 16.7. The van der Waals surface area contributed by atoms with Crippen LogP contribution in [0.4, 0.5) is 4.79 Å². The summed E-state index contributed by atoms with van der Waals surface area (Å²) < 4.78 is 5.21. The Morgan fingerprint density at radius 1 is 1.30 bits per heavy atom. The lowest BCUT2D eigenvalue weighted by Gasteiger charge is -2.30. The van der Waals surface area contributed by atoms with E-state index in [0.29, 0.717) is 32.6 Å². The highest BCUT2D eigenvalue weighted by Crippen LogP contribution is 2.28. The number of urea groups is 1. The molecule has 2 atom stereocenters. The number of carbonyl (C=O) groups excluding carboxylic acids is 2. The van der Waals surface area contributed by atoms with Gasteiger partial charge in [0.15, 0.2) is 0 Å². The van der Waals surface area contributed by atoms with Crippen LogP contribution < -0.4 is 5.48 Å². The molecule has 0 saturated carbocycles. The Balaban J connectivity index is 1.53. The number of rotatable bonds is 3. The van der Waals surface area contributed by atoms with Gasteiger partial charge < -0.3 is 9.64 Å². The first-order valence-corrected chi connectivity index (χ1v) is 6.99. The molecule has 0 radical (unpaired) electrons. The van der Waals surface area contributed by atoms with Crippen molar-refractivity contribution in [3.05, 3.63) is 0 Å². The third-order valence-electron chi connectivity index (χ3n) is 4.14. The molecule has 2 unspecified atom stereocenters. The Labute approximate surface area is 116 Å². The minimum atomic E-state index is -0.559. The molecule has 3 heterocycles. The predicted molar refractivity (Wildman–Crippen MR) is 65.6 cm³/mol. The SMILES string of the molecule is O=C(NOC1CCOCC1)C1CCC2CN1C(=O)N2O. The Morgan fingerprint density at radius 2 is 2.05 bits per heavy atom. The number of hydroxylamine groups is 3. The van der Waals surface area contributed by atoms with Crippen LogP contribution in [-0.4, -0.2) is 65.1 Å². The van der Waals surface area contributed by atoms with E-state index in [-0.39, 0.29) is 18.1 Å². The van der Waals surface area contributed by atoms with E-state index in [1.165, 1.54) is 4.90 Å². The Morgan fingerprint density at radius 3 is 2.80 bits per heavy atom. The topological polar surface area (TPSA) is 91.3 Å². The van der Waals surface area contributed by atoms with E-state index in [9.17, 15) is 14.8 Å². The second-order valence-corrected chi connectivity index (χ2v) is 5.42. The van der Waals surface area contributed by atoms with Gasteiger partial charge in [-0.2, -0.15) is 0 Å². The fourth-order valence-corrected chi connectivity index (χ4v) is 2.93. The van der Waals surface area contributed by atoms with Gasteiger partial charge in [-0.1, -0.05) is 0 Å². The van der Waals surface area contributed by atoms with Gasteiger partial charge in [0.1, 0.15) is 6.04 Å². The highest BCUT2D eigenvalue weighted by molar-refractivity contribution is 5.87. The zero-order valence-corrected chi connectivity index (χ0v) is 11.2. The maximum absolute atomic E-state index is 12.1. The molecule has 0 aromatic heterocycles. The number of fused-ring (bicyclic) bond motifs is 2. The summed E-state index contributed by atoms with van der Waals surface area (Å²) in [6.07, 6.45) is 2.62. The van der Waals surface area contributed by atoms with Gasteiger partial charge in [0, 0.05) is 19.8 Å². The Hall–Kier alpha value is -1.38. The molecule has 3 rings (SSSR count). The van der Waals surface area contributed by atoms with Gasteiger partial charge >= 0.3 is 6.03 Å². The smallest absolute Gasteiger partial charge is 0.344 e. The van der Waals surface area contributed by atoms with Crippen LogP contribution in [-0.2, 0) is 14.4 Å². The van der Waals surface area contributed by atoms with Crippen molar-refractivity contribution in [1.82, 2.24) is 15.4 Å². The van der Waals surface area contributed by atoms with Gasteiger partial charge in [-0.3, -0.25) is 14.8 Å². The van der Waals surface area contributed by atoms with Crippen LogP contribution in [0.5, 0.6) is 0 Å². The summed E-state index contributed by atoms with van der Waals surface area (Å²) >= 11 is 0. The molecule has 0 spiro atoms. The second kappa shape index (κ2) is 5.55. The predicted octanol–water partition coefficient (Wildman–Crippen LogP) is -0.129. The van der Waals surface area contributed by atoms with Crippen LogP contribution in [0.15, 0.2) is 0 Å². The first kappa shape index (κ1) is 13.6. The molecule has 3 fully saturated rings. The number of nitrogens with zero attached hydrogens (tertiary/aromatic N) is 2. The van der Waals surface area contributed by atoms with Crippen LogP contribution >= 0.6 is 0 Å². The third kappa shape index (κ3) is 2.46. The van der Waals surface area contributed by atoms with E-state index >= 15 is 0 Å². The molecule has 8 heteroatoms. The van der Waals surface area contributed by atoms with Gasteiger partial charge in [0.05, 0.1) is 12.1 Å². The van der Waals surface area contributed by atoms with Crippen LogP contribution in [0.1, 0.15) is 25.7 Å². The molecule has 0 aromatic carbocycles. The molecule has 3 saturated heterocycles. The molecule has 3 aliphatic rings. The van der Waals surface area contributed by atoms with E-state index < -0.39 is 12.1 Å². The molecular weight excluding hydrogens is 266 g/mol. The number of hydrogen-bond acceptors (Lipinski definition) is 5. The Bertz CT molecular complexity index is 399. The van der Waals surface area contributed by atoms with E-state index in [1.807, 2.05) is 0 Å². The fourth-order valence-electron chi connectivity index (χ4n) is 2.93. The summed E-state index contributed by atoms with van der Waals surface area (Å²) in [7, 11) is 0. The van der Waals surface area contributed by atoms with E-state index in [1.54, 1.807) is 0 Å². The molecule has 0 aliphatic carbocycles. The molecule has 0 aromatic rings. The summed E-state index contributed by atoms with van der Waals surface area (Å²) in [5, 5.41) is 10.3. The summed E-state index contributed by atoms with van der Waals surface area (Å²) in [5.41, 5.74) is 2.45. The lowest BCUT2D eigenvalue weighted by atomic mass is 10.0. The maximum atomic E-state index is 12.1. The van der Waals surface area contributed by atoms with Crippen molar-refractivity contribution < 1.29 is 24.4 Å².